The van der Waals surface area contributed by atoms with Gasteiger partial charge >= 0.3 is 0 Å². The molecular formula is C8H12IN3. The molecule has 0 radical (unpaired) electrons. The topological polar surface area (TPSA) is 47.9 Å². The van der Waals surface area contributed by atoms with Crippen LogP contribution in [0, 0.1) is 5.41 Å². The first-order valence-corrected chi connectivity index (χ1v) is 4.79. The molecule has 0 spiro atoms. The highest BCUT2D eigenvalue weighted by Gasteiger charge is 2.17. The minimum Gasteiger partial charge on any atom is -0.372 e. The van der Waals surface area contributed by atoms with E-state index in [2.05, 4.69) is 33.2 Å². The summed E-state index contributed by atoms with van der Waals surface area (Å²) in [6.07, 6.45) is 3.95. The highest BCUT2D eigenvalue weighted by Crippen LogP contribution is 2.20. The smallest absolute Gasteiger partial charge is 0.105 e. The first kappa shape index (κ1) is 9.73. The third kappa shape index (κ3) is 1.87. The summed E-state index contributed by atoms with van der Waals surface area (Å²) in [6.45, 7) is 1.80. The summed E-state index contributed by atoms with van der Waals surface area (Å²) in [7, 11) is 1.88. The monoisotopic (exact) mass is 277 g/mol. The Bertz CT molecular complexity index is 255. The molecule has 0 saturated heterocycles. The van der Waals surface area contributed by atoms with Crippen molar-refractivity contribution in [2.75, 3.05) is 7.05 Å². The van der Waals surface area contributed by atoms with E-state index in [1.54, 1.807) is 6.92 Å². The standard InChI is InChI=1S/C8H12IN3/c1-5(10)7-6(9)3-4-12-8(7)11-2/h3-4,8,10-12H,1-2H3. The molecule has 1 aliphatic heterocycles. The molecule has 1 unspecified atom stereocenters. The van der Waals surface area contributed by atoms with E-state index in [0.717, 1.165) is 9.15 Å². The molecule has 3 nitrogen and oxygen atoms in total. The van der Waals surface area contributed by atoms with Crippen molar-refractivity contribution in [1.82, 2.24) is 10.6 Å². The minimum atomic E-state index is 0.0828. The van der Waals surface area contributed by atoms with Crippen LogP contribution in [0.2, 0.25) is 0 Å². The van der Waals surface area contributed by atoms with Crippen LogP contribution in [0.15, 0.2) is 21.4 Å². The van der Waals surface area contributed by atoms with E-state index in [0.29, 0.717) is 5.71 Å². The Morgan fingerprint density at radius 2 is 2.42 bits per heavy atom. The van der Waals surface area contributed by atoms with Crippen molar-refractivity contribution in [2.45, 2.75) is 13.1 Å². The molecule has 3 N–H and O–H groups in total. The lowest BCUT2D eigenvalue weighted by molar-refractivity contribution is 0.591. The Morgan fingerprint density at radius 1 is 1.75 bits per heavy atom. The lowest BCUT2D eigenvalue weighted by Crippen LogP contribution is -2.42. The molecule has 0 saturated carbocycles. The largest absolute Gasteiger partial charge is 0.372 e. The van der Waals surface area contributed by atoms with Crippen LogP contribution in [0.3, 0.4) is 0 Å². The van der Waals surface area contributed by atoms with Crippen LogP contribution in [0.25, 0.3) is 0 Å². The van der Waals surface area contributed by atoms with E-state index < -0.39 is 0 Å². The number of likely N-dealkylation sites (N-methyl/N-ethyl adjacent to an activating group) is 1. The first-order chi connectivity index (χ1) is 5.66. The number of dihydropyridines is 1. The van der Waals surface area contributed by atoms with Crippen molar-refractivity contribution in [1.29, 1.82) is 5.41 Å². The van der Waals surface area contributed by atoms with Gasteiger partial charge in [-0.1, -0.05) is 0 Å². The summed E-state index contributed by atoms with van der Waals surface area (Å²) >= 11 is 2.24. The Kier molecular flexibility index (Phi) is 3.28. The van der Waals surface area contributed by atoms with Gasteiger partial charge in [-0.15, -0.1) is 0 Å². The molecule has 1 rings (SSSR count). The summed E-state index contributed by atoms with van der Waals surface area (Å²) in [6, 6.07) is 0. The number of hydrogen-bond donors (Lipinski definition) is 3. The van der Waals surface area contributed by atoms with Gasteiger partial charge in [0.15, 0.2) is 0 Å². The summed E-state index contributed by atoms with van der Waals surface area (Å²) in [5.41, 5.74) is 1.64. The highest BCUT2D eigenvalue weighted by molar-refractivity contribution is 14.1. The second-order valence-electron chi connectivity index (χ2n) is 2.61. The fraction of sp³-hybridized carbons (Fsp3) is 0.375. The molecule has 66 valence electrons. The first-order valence-electron chi connectivity index (χ1n) is 3.72. The zero-order chi connectivity index (χ0) is 9.14. The van der Waals surface area contributed by atoms with Crippen LogP contribution in [0.1, 0.15) is 6.92 Å². The molecule has 1 aliphatic rings. The second kappa shape index (κ2) is 4.04. The van der Waals surface area contributed by atoms with Crippen LogP contribution in [0.5, 0.6) is 0 Å². The summed E-state index contributed by atoms with van der Waals surface area (Å²) < 4.78 is 1.12. The molecule has 0 amide bonds. The maximum Gasteiger partial charge on any atom is 0.105 e. The van der Waals surface area contributed by atoms with Crippen molar-refractivity contribution < 1.29 is 0 Å². The Balaban J connectivity index is 2.98. The summed E-state index contributed by atoms with van der Waals surface area (Å²) in [5.74, 6) is 0. The van der Waals surface area contributed by atoms with Crippen molar-refractivity contribution >= 4 is 28.3 Å². The molecule has 0 aromatic rings. The molecule has 1 heterocycles. The van der Waals surface area contributed by atoms with Crippen molar-refractivity contribution in [3.8, 4) is 0 Å². The lowest BCUT2D eigenvalue weighted by atomic mass is 10.1. The molecule has 12 heavy (non-hydrogen) atoms. The molecule has 0 fully saturated rings. The quantitative estimate of drug-likeness (QED) is 0.527. The second-order valence-corrected chi connectivity index (χ2v) is 3.77. The Hall–Kier alpha value is -0.360. The number of allylic oxidation sites excluding steroid dienone is 2. The summed E-state index contributed by atoms with van der Waals surface area (Å²) in [4.78, 5) is 0. The predicted molar refractivity (Wildman–Crippen MR) is 59.6 cm³/mol. The van der Waals surface area contributed by atoms with Gasteiger partial charge in [0.05, 0.1) is 0 Å². The van der Waals surface area contributed by atoms with Gasteiger partial charge in [-0.05, 0) is 48.8 Å². The van der Waals surface area contributed by atoms with E-state index in [1.807, 2.05) is 19.3 Å². The van der Waals surface area contributed by atoms with Crippen LogP contribution < -0.4 is 10.6 Å². The van der Waals surface area contributed by atoms with Gasteiger partial charge in [0, 0.05) is 14.9 Å². The Morgan fingerprint density at radius 3 is 2.83 bits per heavy atom. The minimum absolute atomic E-state index is 0.0828. The van der Waals surface area contributed by atoms with Gasteiger partial charge in [0.25, 0.3) is 0 Å². The molecule has 0 aliphatic carbocycles. The molecule has 4 heteroatoms. The highest BCUT2D eigenvalue weighted by atomic mass is 127. The van der Waals surface area contributed by atoms with E-state index in [4.69, 9.17) is 5.41 Å². The SMILES string of the molecule is CNC1NC=CC(I)=C1C(C)=N. The van der Waals surface area contributed by atoms with E-state index in [-0.39, 0.29) is 6.17 Å². The van der Waals surface area contributed by atoms with Gasteiger partial charge in [0.2, 0.25) is 0 Å². The number of halogens is 1. The zero-order valence-electron chi connectivity index (χ0n) is 7.11. The Labute approximate surface area is 86.0 Å². The average molecular weight is 277 g/mol. The van der Waals surface area contributed by atoms with Crippen molar-refractivity contribution in [3.63, 3.8) is 0 Å². The van der Waals surface area contributed by atoms with Crippen molar-refractivity contribution in [2.24, 2.45) is 0 Å². The number of hydrogen-bond acceptors (Lipinski definition) is 3. The molecule has 0 bridgehead atoms. The molecule has 1 atom stereocenters. The van der Waals surface area contributed by atoms with Crippen LogP contribution in [-0.4, -0.2) is 18.9 Å². The van der Waals surface area contributed by atoms with E-state index in [9.17, 15) is 0 Å². The van der Waals surface area contributed by atoms with Gasteiger partial charge < -0.3 is 10.7 Å². The maximum absolute atomic E-state index is 7.58. The molecule has 0 aromatic heterocycles. The van der Waals surface area contributed by atoms with Gasteiger partial charge in [0.1, 0.15) is 6.17 Å². The third-order valence-electron chi connectivity index (χ3n) is 1.73. The van der Waals surface area contributed by atoms with E-state index >= 15 is 0 Å². The molecular weight excluding hydrogens is 265 g/mol. The average Bonchev–Trinajstić information content (AvgIpc) is 2.03. The fourth-order valence-electron chi connectivity index (χ4n) is 1.15. The lowest BCUT2D eigenvalue weighted by Gasteiger charge is -2.23. The zero-order valence-corrected chi connectivity index (χ0v) is 9.27. The number of nitrogens with one attached hydrogen (secondary N) is 3. The third-order valence-corrected chi connectivity index (χ3v) is 2.67. The number of rotatable bonds is 2. The normalized spacial score (nSPS) is 22.4. The van der Waals surface area contributed by atoms with Gasteiger partial charge in [-0.3, -0.25) is 5.32 Å². The van der Waals surface area contributed by atoms with Crippen LogP contribution in [-0.2, 0) is 0 Å². The predicted octanol–water partition coefficient (Wildman–Crippen LogP) is 1.38. The molecule has 0 aromatic carbocycles. The van der Waals surface area contributed by atoms with Crippen LogP contribution >= 0.6 is 22.6 Å². The summed E-state index contributed by atoms with van der Waals surface area (Å²) in [5, 5.41) is 13.8. The van der Waals surface area contributed by atoms with E-state index in [1.165, 1.54) is 0 Å². The maximum atomic E-state index is 7.58. The van der Waals surface area contributed by atoms with Gasteiger partial charge in [-0.2, -0.15) is 0 Å². The van der Waals surface area contributed by atoms with Gasteiger partial charge in [-0.25, -0.2) is 0 Å². The van der Waals surface area contributed by atoms with Crippen molar-refractivity contribution in [3.05, 3.63) is 21.4 Å². The van der Waals surface area contributed by atoms with Crippen LogP contribution in [0.4, 0.5) is 0 Å². The fourth-order valence-corrected chi connectivity index (χ4v) is 2.05.